The van der Waals surface area contributed by atoms with Crippen molar-refractivity contribution in [2.24, 2.45) is 0 Å². The van der Waals surface area contributed by atoms with Gasteiger partial charge in [-0.15, -0.1) is 11.3 Å². The Balaban J connectivity index is 1.57. The van der Waals surface area contributed by atoms with Crippen LogP contribution >= 0.6 is 11.3 Å². The maximum atomic E-state index is 12.3. The Hall–Kier alpha value is -3.04. The van der Waals surface area contributed by atoms with E-state index in [0.717, 1.165) is 5.56 Å². The van der Waals surface area contributed by atoms with Crippen molar-refractivity contribution in [3.8, 4) is 0 Å². The largest absolute Gasteiger partial charge is 0.459 e. The van der Waals surface area contributed by atoms with Crippen LogP contribution in [-0.2, 0) is 30.8 Å². The molecular weight excluding hydrogens is 436 g/mol. The second-order valence-corrected chi connectivity index (χ2v) is 9.80. The number of carbonyl (C=O) groups excluding carboxylic acids is 2. The summed E-state index contributed by atoms with van der Waals surface area (Å²) in [4.78, 5) is 30.2. The summed E-state index contributed by atoms with van der Waals surface area (Å²) in [6, 6.07) is 15.6. The molecule has 1 amide bonds. The number of ether oxygens (including phenoxy) is 1. The van der Waals surface area contributed by atoms with E-state index >= 15 is 0 Å². The molecule has 31 heavy (non-hydrogen) atoms. The number of anilines is 2. The minimum atomic E-state index is -3.56. The number of nitrogens with zero attached hydrogens (tertiary/aromatic N) is 2. The summed E-state index contributed by atoms with van der Waals surface area (Å²) in [5, 5.41) is 2.16. The van der Waals surface area contributed by atoms with Gasteiger partial charge >= 0.3 is 5.97 Å². The molecular formula is C22H22N2O5S2. The van der Waals surface area contributed by atoms with E-state index in [4.69, 9.17) is 4.74 Å². The van der Waals surface area contributed by atoms with Gasteiger partial charge in [-0.2, -0.15) is 0 Å². The Morgan fingerprint density at radius 2 is 1.74 bits per heavy atom. The summed E-state index contributed by atoms with van der Waals surface area (Å²) >= 11 is 1.26. The summed E-state index contributed by atoms with van der Waals surface area (Å²) in [7, 11) is -3.56. The van der Waals surface area contributed by atoms with E-state index in [1.807, 2.05) is 25.1 Å². The van der Waals surface area contributed by atoms with Crippen molar-refractivity contribution in [1.29, 1.82) is 0 Å². The Morgan fingerprint density at radius 3 is 2.39 bits per heavy atom. The van der Waals surface area contributed by atoms with Crippen molar-refractivity contribution >= 4 is 43.9 Å². The van der Waals surface area contributed by atoms with Crippen LogP contribution in [0.3, 0.4) is 0 Å². The van der Waals surface area contributed by atoms with Gasteiger partial charge in [0.1, 0.15) is 6.61 Å². The van der Waals surface area contributed by atoms with Crippen molar-refractivity contribution in [3.63, 3.8) is 0 Å². The van der Waals surface area contributed by atoms with Crippen LogP contribution in [0.2, 0.25) is 0 Å². The van der Waals surface area contributed by atoms with E-state index in [2.05, 4.69) is 4.98 Å². The van der Waals surface area contributed by atoms with Crippen LogP contribution in [0, 0.1) is 6.92 Å². The van der Waals surface area contributed by atoms with Gasteiger partial charge in [-0.3, -0.25) is 14.5 Å². The first-order chi connectivity index (χ1) is 14.8. The number of para-hydroxylation sites is 1. The molecule has 0 spiro atoms. The molecule has 0 radical (unpaired) electrons. The first-order valence-corrected chi connectivity index (χ1v) is 12.0. The number of sulfone groups is 1. The molecule has 0 aliphatic heterocycles. The highest BCUT2D eigenvalue weighted by atomic mass is 32.2. The quantitative estimate of drug-likeness (QED) is 0.473. The zero-order valence-electron chi connectivity index (χ0n) is 17.1. The van der Waals surface area contributed by atoms with Gasteiger partial charge < -0.3 is 4.74 Å². The van der Waals surface area contributed by atoms with Crippen LogP contribution in [0.4, 0.5) is 10.8 Å². The smallest absolute Gasteiger partial charge is 0.307 e. The molecule has 3 rings (SSSR count). The third kappa shape index (κ3) is 5.99. The van der Waals surface area contributed by atoms with E-state index in [9.17, 15) is 18.0 Å². The summed E-state index contributed by atoms with van der Waals surface area (Å²) in [6.45, 7) is 3.22. The summed E-state index contributed by atoms with van der Waals surface area (Å²) in [6.07, 6.45) is -0.253. The second-order valence-electron chi connectivity index (χ2n) is 6.85. The first-order valence-electron chi connectivity index (χ1n) is 9.51. The van der Waals surface area contributed by atoms with Gasteiger partial charge in [0, 0.05) is 12.3 Å². The van der Waals surface area contributed by atoms with Crippen LogP contribution in [-0.4, -0.2) is 31.0 Å². The van der Waals surface area contributed by atoms with Gasteiger partial charge in [-0.05, 0) is 31.2 Å². The Kier molecular flexibility index (Phi) is 7.19. The van der Waals surface area contributed by atoms with E-state index in [1.165, 1.54) is 35.3 Å². The lowest BCUT2D eigenvalue weighted by molar-refractivity contribution is -0.144. The van der Waals surface area contributed by atoms with E-state index in [1.54, 1.807) is 29.6 Å². The molecule has 7 nitrogen and oxygen atoms in total. The monoisotopic (exact) mass is 458 g/mol. The van der Waals surface area contributed by atoms with Crippen molar-refractivity contribution in [2.75, 3.05) is 10.7 Å². The molecule has 0 saturated heterocycles. The minimum absolute atomic E-state index is 0.0968. The number of amides is 1. The number of rotatable bonds is 8. The van der Waals surface area contributed by atoms with Crippen molar-refractivity contribution in [2.45, 2.75) is 31.8 Å². The fraction of sp³-hybridized carbons (Fsp3) is 0.227. The molecule has 9 heteroatoms. The fourth-order valence-electron chi connectivity index (χ4n) is 2.78. The van der Waals surface area contributed by atoms with Crippen molar-refractivity contribution in [3.05, 3.63) is 71.2 Å². The highest BCUT2D eigenvalue weighted by molar-refractivity contribution is 7.91. The Morgan fingerprint density at radius 1 is 1.06 bits per heavy atom. The third-order valence-electron chi connectivity index (χ3n) is 4.40. The Bertz CT molecular complexity index is 1160. The lowest BCUT2D eigenvalue weighted by Crippen LogP contribution is -2.22. The van der Waals surface area contributed by atoms with Gasteiger partial charge in [0.25, 0.3) is 0 Å². The van der Waals surface area contributed by atoms with Gasteiger partial charge in [-0.1, -0.05) is 35.9 Å². The van der Waals surface area contributed by atoms with Gasteiger partial charge in [0.05, 0.1) is 28.5 Å². The normalized spacial score (nSPS) is 11.2. The molecule has 0 atom stereocenters. The maximum Gasteiger partial charge on any atom is 0.307 e. The standard InChI is InChI=1S/C22H22N2O5S2/c1-16-8-10-20(11-9-16)31(27,28)13-12-21(26)29-14-18-15-30-22(23-18)24(17(2)25)19-6-4-3-5-7-19/h3-11,15H,12-14H2,1-2H3. The number of aromatic nitrogens is 1. The highest BCUT2D eigenvalue weighted by Crippen LogP contribution is 2.28. The average molecular weight is 459 g/mol. The zero-order valence-corrected chi connectivity index (χ0v) is 18.8. The summed E-state index contributed by atoms with van der Waals surface area (Å²) in [5.41, 5.74) is 2.13. The Labute approximate surface area is 185 Å². The van der Waals surface area contributed by atoms with E-state index < -0.39 is 15.8 Å². The lowest BCUT2D eigenvalue weighted by Gasteiger charge is -2.17. The van der Waals surface area contributed by atoms with Gasteiger partial charge in [0.2, 0.25) is 5.91 Å². The summed E-state index contributed by atoms with van der Waals surface area (Å²) < 4.78 is 29.9. The summed E-state index contributed by atoms with van der Waals surface area (Å²) in [5.74, 6) is -1.15. The molecule has 0 saturated carbocycles. The molecule has 1 aromatic heterocycles. The number of hydrogen-bond donors (Lipinski definition) is 0. The van der Waals surface area contributed by atoms with Crippen LogP contribution in [0.5, 0.6) is 0 Å². The van der Waals surface area contributed by atoms with Crippen LogP contribution in [0.25, 0.3) is 0 Å². The van der Waals surface area contributed by atoms with E-state index in [-0.39, 0.29) is 29.6 Å². The molecule has 0 aliphatic rings. The molecule has 162 valence electrons. The molecule has 1 heterocycles. The predicted octanol–water partition coefficient (Wildman–Crippen LogP) is 4.04. The molecule has 2 aromatic carbocycles. The molecule has 0 unspecified atom stereocenters. The first kappa shape index (κ1) is 22.6. The lowest BCUT2D eigenvalue weighted by atomic mass is 10.2. The average Bonchev–Trinajstić information content (AvgIpc) is 3.20. The molecule has 0 N–H and O–H groups in total. The maximum absolute atomic E-state index is 12.3. The van der Waals surface area contributed by atoms with Gasteiger partial charge in [-0.25, -0.2) is 13.4 Å². The zero-order chi connectivity index (χ0) is 22.4. The molecule has 0 aliphatic carbocycles. The minimum Gasteiger partial charge on any atom is -0.459 e. The van der Waals surface area contributed by atoms with Crippen LogP contribution < -0.4 is 4.90 Å². The highest BCUT2D eigenvalue weighted by Gasteiger charge is 2.19. The molecule has 3 aromatic rings. The fourth-order valence-corrected chi connectivity index (χ4v) is 4.87. The van der Waals surface area contributed by atoms with Gasteiger partial charge in [0.15, 0.2) is 15.0 Å². The number of aryl methyl sites for hydroxylation is 1. The van der Waals surface area contributed by atoms with Crippen LogP contribution in [0.1, 0.15) is 24.6 Å². The number of hydrogen-bond acceptors (Lipinski definition) is 7. The second kappa shape index (κ2) is 9.84. The molecule has 0 fully saturated rings. The van der Waals surface area contributed by atoms with Crippen molar-refractivity contribution < 1.29 is 22.7 Å². The van der Waals surface area contributed by atoms with E-state index in [0.29, 0.717) is 16.5 Å². The van der Waals surface area contributed by atoms with Crippen molar-refractivity contribution in [1.82, 2.24) is 4.98 Å². The topological polar surface area (TPSA) is 93.6 Å². The number of carbonyl (C=O) groups is 2. The molecule has 0 bridgehead atoms. The number of esters is 1. The SMILES string of the molecule is CC(=O)N(c1ccccc1)c1nc(COC(=O)CCS(=O)(=O)c2ccc(C)cc2)cs1. The number of benzene rings is 2. The third-order valence-corrected chi connectivity index (χ3v) is 7.00. The number of thiazole rings is 1. The predicted molar refractivity (Wildman–Crippen MR) is 119 cm³/mol. The van der Waals surface area contributed by atoms with Crippen LogP contribution in [0.15, 0.2) is 64.9 Å².